The first-order chi connectivity index (χ1) is 17.3. The summed E-state index contributed by atoms with van der Waals surface area (Å²) in [7, 11) is 0. The number of allylic oxidation sites excluding steroid dienone is 6. The molecule has 2 atom stereocenters. The summed E-state index contributed by atoms with van der Waals surface area (Å²) in [5, 5.41) is 10.1. The monoisotopic (exact) mass is 481 g/mol. The minimum absolute atomic E-state index is 0.129. The van der Waals surface area contributed by atoms with Crippen LogP contribution in [0, 0.1) is 6.92 Å². The average molecular weight is 482 g/mol. The van der Waals surface area contributed by atoms with Crippen LogP contribution in [0.3, 0.4) is 0 Å². The first-order valence-electron chi connectivity index (χ1n) is 11.8. The molecule has 0 amide bonds. The summed E-state index contributed by atoms with van der Waals surface area (Å²) in [6, 6.07) is 13.2. The van der Waals surface area contributed by atoms with Gasteiger partial charge in [0.2, 0.25) is 0 Å². The van der Waals surface area contributed by atoms with E-state index in [0.717, 1.165) is 15.7 Å². The quantitative estimate of drug-likeness (QED) is 0.448. The molecule has 3 aromatic rings. The Morgan fingerprint density at radius 2 is 1.69 bits per heavy atom. The third-order valence-electron chi connectivity index (χ3n) is 7.40. The van der Waals surface area contributed by atoms with Crippen molar-refractivity contribution in [2.45, 2.75) is 38.8 Å². The van der Waals surface area contributed by atoms with E-state index in [1.54, 1.807) is 56.3 Å². The Morgan fingerprint density at radius 1 is 0.944 bits per heavy atom. The average Bonchev–Trinajstić information content (AvgIpc) is 3.13. The van der Waals surface area contributed by atoms with Crippen molar-refractivity contribution in [3.05, 3.63) is 115 Å². The molecule has 0 unspecified atom stereocenters. The number of carbonyl (C=O) groups is 2. The fraction of sp³-hybridized carbons (Fsp3) is 0.214. The molecule has 2 aromatic carbocycles. The van der Waals surface area contributed by atoms with Crippen LogP contribution < -0.4 is 11.4 Å². The van der Waals surface area contributed by atoms with E-state index in [9.17, 15) is 24.3 Å². The molecule has 8 heteroatoms. The molecule has 36 heavy (non-hydrogen) atoms. The van der Waals surface area contributed by atoms with E-state index in [0.29, 0.717) is 28.0 Å². The van der Waals surface area contributed by atoms with Gasteiger partial charge in [-0.2, -0.15) is 0 Å². The third kappa shape index (κ3) is 3.00. The van der Waals surface area contributed by atoms with E-state index >= 15 is 0 Å². The lowest BCUT2D eigenvalue weighted by Gasteiger charge is -2.39. The summed E-state index contributed by atoms with van der Waals surface area (Å²) < 4.78 is 3.96. The maximum atomic E-state index is 13.7. The van der Waals surface area contributed by atoms with Gasteiger partial charge in [0.25, 0.3) is 0 Å². The van der Waals surface area contributed by atoms with Crippen LogP contribution >= 0.6 is 0 Å². The highest BCUT2D eigenvalue weighted by atomic mass is 16.3. The lowest BCUT2D eigenvalue weighted by molar-refractivity contribution is -0.116. The van der Waals surface area contributed by atoms with Gasteiger partial charge < -0.3 is 5.11 Å². The SMILES string of the molecule is CC1=CC(=O)C2=C(C[C@@H]3C(=CCn4c(=O)n(-c5ccccc5)c(=O)n43)[C@@H]2c2ccc(O)c(C)c2)C1=O. The van der Waals surface area contributed by atoms with Gasteiger partial charge in [0.1, 0.15) is 5.75 Å². The Balaban J connectivity index is 1.60. The van der Waals surface area contributed by atoms with Gasteiger partial charge in [0, 0.05) is 29.1 Å². The molecule has 1 aliphatic heterocycles. The lowest BCUT2D eigenvalue weighted by atomic mass is 9.68. The molecule has 180 valence electrons. The van der Waals surface area contributed by atoms with Gasteiger partial charge in [-0.1, -0.05) is 36.4 Å². The number of fused-ring (bicyclic) bond motifs is 3. The van der Waals surface area contributed by atoms with Crippen LogP contribution in [0.1, 0.15) is 36.4 Å². The minimum atomic E-state index is -0.607. The second kappa shape index (κ2) is 7.78. The highest BCUT2D eigenvalue weighted by Gasteiger charge is 2.44. The van der Waals surface area contributed by atoms with E-state index in [-0.39, 0.29) is 30.3 Å². The number of nitrogens with zero attached hydrogens (tertiary/aromatic N) is 3. The van der Waals surface area contributed by atoms with Gasteiger partial charge in [-0.3, -0.25) is 9.59 Å². The number of Topliss-reactive ketones (excluding diaryl/α,β-unsaturated/α-hetero) is 1. The number of hydrogen-bond acceptors (Lipinski definition) is 5. The first kappa shape index (κ1) is 22.0. The molecule has 2 aliphatic carbocycles. The Morgan fingerprint density at radius 3 is 2.42 bits per heavy atom. The molecule has 0 bridgehead atoms. The van der Waals surface area contributed by atoms with E-state index in [4.69, 9.17) is 0 Å². The van der Waals surface area contributed by atoms with Gasteiger partial charge >= 0.3 is 11.4 Å². The normalized spacial score (nSPS) is 20.9. The van der Waals surface area contributed by atoms with Crippen LogP contribution in [0.15, 0.2) is 92.6 Å². The summed E-state index contributed by atoms with van der Waals surface area (Å²) in [5.41, 5.74) is 2.83. The molecule has 8 nitrogen and oxygen atoms in total. The first-order valence-corrected chi connectivity index (χ1v) is 11.8. The van der Waals surface area contributed by atoms with E-state index in [2.05, 4.69) is 0 Å². The third-order valence-corrected chi connectivity index (χ3v) is 7.40. The molecule has 0 radical (unpaired) electrons. The van der Waals surface area contributed by atoms with Gasteiger partial charge in [-0.25, -0.2) is 23.5 Å². The van der Waals surface area contributed by atoms with E-state index < -0.39 is 23.3 Å². The number of rotatable bonds is 2. The Labute approximate surface area is 205 Å². The van der Waals surface area contributed by atoms with Crippen LogP contribution in [0.2, 0.25) is 0 Å². The predicted molar refractivity (Wildman–Crippen MR) is 132 cm³/mol. The number of hydrogen-bond donors (Lipinski definition) is 1. The zero-order valence-electron chi connectivity index (χ0n) is 19.8. The smallest absolute Gasteiger partial charge is 0.352 e. The molecular weight excluding hydrogens is 458 g/mol. The van der Waals surface area contributed by atoms with Crippen LogP contribution in [0.5, 0.6) is 5.75 Å². The lowest BCUT2D eigenvalue weighted by Crippen LogP contribution is -2.40. The fourth-order valence-electron chi connectivity index (χ4n) is 5.69. The topological polar surface area (TPSA) is 103 Å². The molecule has 6 rings (SSSR count). The van der Waals surface area contributed by atoms with Crippen molar-refractivity contribution >= 4 is 11.6 Å². The van der Waals surface area contributed by atoms with Crippen molar-refractivity contribution in [2.24, 2.45) is 0 Å². The van der Waals surface area contributed by atoms with Crippen LogP contribution in [0.4, 0.5) is 0 Å². The van der Waals surface area contributed by atoms with Crippen LogP contribution in [-0.4, -0.2) is 30.6 Å². The largest absolute Gasteiger partial charge is 0.508 e. The number of aryl methyl sites for hydroxylation is 1. The summed E-state index contributed by atoms with van der Waals surface area (Å²) in [5.74, 6) is -0.895. The van der Waals surface area contributed by atoms with E-state index in [1.807, 2.05) is 12.1 Å². The number of benzene rings is 2. The van der Waals surface area contributed by atoms with E-state index in [1.165, 1.54) is 15.4 Å². The summed E-state index contributed by atoms with van der Waals surface area (Å²) in [4.78, 5) is 53.5. The maximum absolute atomic E-state index is 13.7. The highest BCUT2D eigenvalue weighted by molar-refractivity contribution is 6.23. The molecule has 0 saturated heterocycles. The number of phenols is 1. The second-order valence-electron chi connectivity index (χ2n) is 9.48. The van der Waals surface area contributed by atoms with Crippen LogP contribution in [-0.2, 0) is 16.1 Å². The molecular formula is C28H23N3O5. The van der Waals surface area contributed by atoms with Crippen LogP contribution in [0.25, 0.3) is 5.69 Å². The summed E-state index contributed by atoms with van der Waals surface area (Å²) in [6.45, 7) is 3.54. The zero-order valence-corrected chi connectivity index (χ0v) is 19.8. The molecule has 3 aliphatic rings. The van der Waals surface area contributed by atoms with Gasteiger partial charge in [-0.15, -0.1) is 0 Å². The number of phenolic OH excluding ortho intramolecular Hbond substituents is 1. The number of carbonyl (C=O) groups excluding carboxylic acids is 2. The number of aromatic nitrogens is 3. The number of para-hydroxylation sites is 1. The number of aromatic hydroxyl groups is 1. The van der Waals surface area contributed by atoms with Gasteiger partial charge in [-0.05, 0) is 54.8 Å². The van der Waals surface area contributed by atoms with Crippen molar-refractivity contribution < 1.29 is 14.7 Å². The number of ketones is 2. The van der Waals surface area contributed by atoms with Crippen molar-refractivity contribution in [1.82, 2.24) is 13.9 Å². The molecule has 2 heterocycles. The molecule has 0 spiro atoms. The summed E-state index contributed by atoms with van der Waals surface area (Å²) in [6.07, 6.45) is 3.40. The zero-order chi connectivity index (χ0) is 25.3. The summed E-state index contributed by atoms with van der Waals surface area (Å²) >= 11 is 0. The molecule has 0 saturated carbocycles. The van der Waals surface area contributed by atoms with Crippen molar-refractivity contribution in [2.75, 3.05) is 0 Å². The Hall–Kier alpha value is -4.46. The van der Waals surface area contributed by atoms with Gasteiger partial charge in [0.15, 0.2) is 11.6 Å². The van der Waals surface area contributed by atoms with Crippen molar-refractivity contribution in [3.63, 3.8) is 0 Å². The standard InChI is InChI=1S/C28H23N3O5/c1-15-12-17(8-9-22(15)32)24-19-10-11-29-27(35)30(18-6-4-3-5-7-18)28(36)31(29)21(19)14-20-25(24)23(33)13-16(2)26(20)34/h3-10,12-13,21,24,32H,11,14H2,1-2H3/t21-,24+/m1/s1. The van der Waals surface area contributed by atoms with Crippen molar-refractivity contribution in [1.29, 1.82) is 0 Å². The minimum Gasteiger partial charge on any atom is -0.508 e. The Bertz CT molecular complexity index is 1690. The fourth-order valence-corrected chi connectivity index (χ4v) is 5.69. The Kier molecular flexibility index (Phi) is 4.76. The predicted octanol–water partition coefficient (Wildman–Crippen LogP) is 2.88. The second-order valence-corrected chi connectivity index (χ2v) is 9.48. The maximum Gasteiger partial charge on any atom is 0.352 e. The molecule has 0 fully saturated rings. The molecule has 1 aromatic heterocycles. The van der Waals surface area contributed by atoms with Crippen molar-refractivity contribution in [3.8, 4) is 11.4 Å². The molecule has 1 N–H and O–H groups in total. The van der Waals surface area contributed by atoms with Gasteiger partial charge in [0.05, 0.1) is 18.3 Å². The highest BCUT2D eigenvalue weighted by Crippen LogP contribution is 2.49.